The Morgan fingerprint density at radius 2 is 2.17 bits per heavy atom. The van der Waals surface area contributed by atoms with Crippen molar-refractivity contribution in [1.29, 1.82) is 0 Å². The zero-order valence-corrected chi connectivity index (χ0v) is 11.7. The molecule has 1 aromatic carbocycles. The quantitative estimate of drug-likeness (QED) is 0.916. The molecule has 0 amide bonds. The lowest BCUT2D eigenvalue weighted by Gasteiger charge is -2.15. The molecule has 4 heteroatoms. The summed E-state index contributed by atoms with van der Waals surface area (Å²) in [6.45, 7) is 1.98. The van der Waals surface area contributed by atoms with Crippen LogP contribution in [0.3, 0.4) is 0 Å². The van der Waals surface area contributed by atoms with Crippen LogP contribution in [0.25, 0.3) is 0 Å². The first-order valence-corrected chi connectivity index (χ1v) is 6.49. The van der Waals surface area contributed by atoms with Gasteiger partial charge in [-0.05, 0) is 41.8 Å². The Morgan fingerprint density at radius 1 is 1.39 bits per heavy atom. The number of pyridine rings is 1. The summed E-state index contributed by atoms with van der Waals surface area (Å²) in [7, 11) is 0. The first-order chi connectivity index (χ1) is 8.58. The van der Waals surface area contributed by atoms with Crippen molar-refractivity contribution >= 4 is 21.6 Å². The Labute approximate surface area is 115 Å². The maximum absolute atomic E-state index is 10.3. The summed E-state index contributed by atoms with van der Waals surface area (Å²) in [6.07, 6.45) is 3.26. The number of nitrogens with two attached hydrogens (primary N) is 1. The molecule has 0 radical (unpaired) electrons. The fourth-order valence-electron chi connectivity index (χ4n) is 1.94. The van der Waals surface area contributed by atoms with Crippen LogP contribution in [0, 0.1) is 6.92 Å². The van der Waals surface area contributed by atoms with Gasteiger partial charge in [-0.3, -0.25) is 4.98 Å². The van der Waals surface area contributed by atoms with Gasteiger partial charge in [-0.15, -0.1) is 0 Å². The van der Waals surface area contributed by atoms with E-state index < -0.39 is 6.10 Å². The highest BCUT2D eigenvalue weighted by atomic mass is 79.9. The summed E-state index contributed by atoms with van der Waals surface area (Å²) in [4.78, 5) is 4.03. The number of aromatic nitrogens is 1. The molecule has 0 spiro atoms. The van der Waals surface area contributed by atoms with Crippen molar-refractivity contribution in [2.45, 2.75) is 19.4 Å². The molecule has 3 N–H and O–H groups in total. The molecule has 0 aliphatic carbocycles. The molecule has 0 bridgehead atoms. The summed E-state index contributed by atoms with van der Waals surface area (Å²) in [5.74, 6) is 0. The zero-order chi connectivity index (χ0) is 13.1. The van der Waals surface area contributed by atoms with Crippen LogP contribution in [0.4, 0.5) is 5.69 Å². The minimum Gasteiger partial charge on any atom is -0.398 e. The van der Waals surface area contributed by atoms with Crippen molar-refractivity contribution in [3.05, 3.63) is 57.8 Å². The Hall–Kier alpha value is -1.39. The number of aryl methyl sites for hydroxylation is 1. The number of aliphatic hydroxyl groups is 1. The lowest BCUT2D eigenvalue weighted by molar-refractivity contribution is 0.178. The first kappa shape index (κ1) is 13.1. The molecular weight excluding hydrogens is 292 g/mol. The second-order valence-electron chi connectivity index (χ2n) is 4.30. The van der Waals surface area contributed by atoms with Crippen molar-refractivity contribution in [2.75, 3.05) is 5.73 Å². The number of rotatable bonds is 3. The van der Waals surface area contributed by atoms with Crippen LogP contribution in [0.2, 0.25) is 0 Å². The fourth-order valence-corrected chi connectivity index (χ4v) is 2.42. The fraction of sp³-hybridized carbons (Fsp3) is 0.214. The van der Waals surface area contributed by atoms with Crippen molar-refractivity contribution < 1.29 is 5.11 Å². The van der Waals surface area contributed by atoms with Gasteiger partial charge < -0.3 is 10.8 Å². The minimum absolute atomic E-state index is 0.474. The topological polar surface area (TPSA) is 59.1 Å². The zero-order valence-electron chi connectivity index (χ0n) is 10.1. The molecule has 18 heavy (non-hydrogen) atoms. The molecule has 0 saturated carbocycles. The van der Waals surface area contributed by atoms with E-state index in [0.717, 1.165) is 21.2 Å². The SMILES string of the molecule is Cc1cc(Br)ccc1C(O)Cc1cnccc1N. The van der Waals surface area contributed by atoms with Crippen LogP contribution < -0.4 is 5.73 Å². The number of halogens is 1. The third kappa shape index (κ3) is 2.89. The molecule has 1 aromatic heterocycles. The second-order valence-corrected chi connectivity index (χ2v) is 5.21. The van der Waals surface area contributed by atoms with Crippen molar-refractivity contribution in [1.82, 2.24) is 4.98 Å². The Kier molecular flexibility index (Phi) is 3.99. The van der Waals surface area contributed by atoms with Crippen molar-refractivity contribution in [3.63, 3.8) is 0 Å². The van der Waals surface area contributed by atoms with E-state index in [1.54, 1.807) is 18.5 Å². The maximum Gasteiger partial charge on any atom is 0.0834 e. The highest BCUT2D eigenvalue weighted by molar-refractivity contribution is 9.10. The van der Waals surface area contributed by atoms with Gasteiger partial charge in [-0.25, -0.2) is 0 Å². The van der Waals surface area contributed by atoms with E-state index >= 15 is 0 Å². The van der Waals surface area contributed by atoms with Crippen LogP contribution >= 0.6 is 15.9 Å². The number of nitrogens with zero attached hydrogens (tertiary/aromatic N) is 1. The summed E-state index contributed by atoms with van der Waals surface area (Å²) in [5, 5.41) is 10.3. The molecule has 0 aliphatic rings. The van der Waals surface area contributed by atoms with Gasteiger partial charge in [0.1, 0.15) is 0 Å². The Balaban J connectivity index is 2.22. The first-order valence-electron chi connectivity index (χ1n) is 5.70. The highest BCUT2D eigenvalue weighted by Gasteiger charge is 2.13. The molecule has 0 saturated heterocycles. The van der Waals surface area contributed by atoms with E-state index in [4.69, 9.17) is 5.73 Å². The van der Waals surface area contributed by atoms with Gasteiger partial charge in [0.2, 0.25) is 0 Å². The maximum atomic E-state index is 10.3. The van der Waals surface area contributed by atoms with Gasteiger partial charge in [0.15, 0.2) is 0 Å². The summed E-state index contributed by atoms with van der Waals surface area (Å²) < 4.78 is 1.01. The highest BCUT2D eigenvalue weighted by Crippen LogP contribution is 2.25. The van der Waals surface area contributed by atoms with Crippen LogP contribution in [-0.4, -0.2) is 10.1 Å². The molecule has 94 valence electrons. The van der Waals surface area contributed by atoms with Gasteiger partial charge in [0, 0.05) is 29.0 Å². The number of aliphatic hydroxyl groups excluding tert-OH is 1. The van der Waals surface area contributed by atoms with Gasteiger partial charge in [0.05, 0.1) is 6.10 Å². The average molecular weight is 307 g/mol. The van der Waals surface area contributed by atoms with Gasteiger partial charge in [-0.2, -0.15) is 0 Å². The van der Waals surface area contributed by atoms with E-state index in [1.165, 1.54) is 0 Å². The van der Waals surface area contributed by atoms with Gasteiger partial charge >= 0.3 is 0 Å². The number of nitrogen functional groups attached to an aromatic ring is 1. The molecule has 2 aromatic rings. The smallest absolute Gasteiger partial charge is 0.0834 e. The second kappa shape index (κ2) is 5.50. The standard InChI is InChI=1S/C14H15BrN2O/c1-9-6-11(15)2-3-12(9)14(18)7-10-8-17-5-4-13(10)16/h2-6,8,14,18H,7H2,1H3,(H2,16,17). The third-order valence-electron chi connectivity index (χ3n) is 2.95. The summed E-state index contributed by atoms with van der Waals surface area (Å²) in [6, 6.07) is 7.59. The molecular formula is C14H15BrN2O. The third-order valence-corrected chi connectivity index (χ3v) is 3.44. The number of hydrogen-bond acceptors (Lipinski definition) is 3. The molecule has 0 aliphatic heterocycles. The van der Waals surface area contributed by atoms with E-state index in [1.807, 2.05) is 25.1 Å². The Bertz CT molecular complexity index is 557. The molecule has 2 rings (SSSR count). The van der Waals surface area contributed by atoms with E-state index in [0.29, 0.717) is 12.1 Å². The lowest BCUT2D eigenvalue weighted by Crippen LogP contribution is -2.06. The lowest BCUT2D eigenvalue weighted by atomic mass is 9.98. The number of anilines is 1. The van der Waals surface area contributed by atoms with E-state index in [-0.39, 0.29) is 0 Å². The van der Waals surface area contributed by atoms with Crippen LogP contribution in [-0.2, 0) is 6.42 Å². The average Bonchev–Trinajstić information content (AvgIpc) is 2.32. The predicted molar refractivity (Wildman–Crippen MR) is 76.2 cm³/mol. The van der Waals surface area contributed by atoms with Gasteiger partial charge in [0.25, 0.3) is 0 Å². The molecule has 3 nitrogen and oxygen atoms in total. The van der Waals surface area contributed by atoms with E-state index in [2.05, 4.69) is 20.9 Å². The van der Waals surface area contributed by atoms with Crippen molar-refractivity contribution in [2.24, 2.45) is 0 Å². The molecule has 1 atom stereocenters. The number of benzene rings is 1. The van der Waals surface area contributed by atoms with Crippen LogP contribution in [0.1, 0.15) is 22.8 Å². The van der Waals surface area contributed by atoms with Gasteiger partial charge in [-0.1, -0.05) is 22.0 Å². The Morgan fingerprint density at radius 3 is 2.83 bits per heavy atom. The normalized spacial score (nSPS) is 12.4. The monoisotopic (exact) mass is 306 g/mol. The summed E-state index contributed by atoms with van der Waals surface area (Å²) in [5.41, 5.74) is 9.36. The van der Waals surface area contributed by atoms with Crippen LogP contribution in [0.5, 0.6) is 0 Å². The predicted octanol–water partition coefficient (Wildman–Crippen LogP) is 3.01. The molecule has 0 fully saturated rings. The van der Waals surface area contributed by atoms with E-state index in [9.17, 15) is 5.11 Å². The minimum atomic E-state index is -0.565. The molecule has 1 unspecified atom stereocenters. The molecule has 1 heterocycles. The number of hydrogen-bond donors (Lipinski definition) is 2. The van der Waals surface area contributed by atoms with Crippen LogP contribution in [0.15, 0.2) is 41.1 Å². The largest absolute Gasteiger partial charge is 0.398 e. The summed E-state index contributed by atoms with van der Waals surface area (Å²) >= 11 is 3.41. The van der Waals surface area contributed by atoms with Crippen molar-refractivity contribution in [3.8, 4) is 0 Å².